The lowest BCUT2D eigenvalue weighted by atomic mass is 10.1. The van der Waals surface area contributed by atoms with Crippen LogP contribution in [0.1, 0.15) is 31.0 Å². The Balaban J connectivity index is 1.70. The number of nitrogens with zero attached hydrogens (tertiary/aromatic N) is 4. The Hall–Kier alpha value is -1.93. The second-order valence-corrected chi connectivity index (χ2v) is 5.87. The third-order valence-corrected chi connectivity index (χ3v) is 4.19. The van der Waals surface area contributed by atoms with E-state index in [9.17, 15) is 9.59 Å². The van der Waals surface area contributed by atoms with Crippen molar-refractivity contribution in [1.82, 2.24) is 19.7 Å². The lowest BCUT2D eigenvalue weighted by molar-refractivity contribution is -0.198. The summed E-state index contributed by atoms with van der Waals surface area (Å²) in [7, 11) is 1.50. The number of hydrogen-bond donors (Lipinski definition) is 0. The Morgan fingerprint density at radius 1 is 1.39 bits per heavy atom. The highest BCUT2D eigenvalue weighted by atomic mass is 16.7. The first-order valence-corrected chi connectivity index (χ1v) is 7.91. The quantitative estimate of drug-likeness (QED) is 0.800. The average Bonchev–Trinajstić information content (AvgIpc) is 3.04. The second kappa shape index (κ2) is 7.10. The van der Waals surface area contributed by atoms with Crippen molar-refractivity contribution >= 4 is 11.8 Å². The summed E-state index contributed by atoms with van der Waals surface area (Å²) in [4.78, 5) is 31.7. The molecule has 1 aromatic heterocycles. The third kappa shape index (κ3) is 3.53. The van der Waals surface area contributed by atoms with Gasteiger partial charge < -0.3 is 9.64 Å². The molecule has 0 aromatic carbocycles. The van der Waals surface area contributed by atoms with Gasteiger partial charge in [-0.3, -0.25) is 19.1 Å². The summed E-state index contributed by atoms with van der Waals surface area (Å²) >= 11 is 0. The van der Waals surface area contributed by atoms with Gasteiger partial charge in [0.2, 0.25) is 11.8 Å². The highest BCUT2D eigenvalue weighted by Crippen LogP contribution is 2.24. The number of rotatable bonds is 4. The van der Waals surface area contributed by atoms with Crippen molar-refractivity contribution in [3.8, 4) is 0 Å². The van der Waals surface area contributed by atoms with Crippen LogP contribution in [0.3, 0.4) is 0 Å². The predicted octanol–water partition coefficient (Wildman–Crippen LogP) is 0.357. The molecule has 1 unspecified atom stereocenters. The first kappa shape index (κ1) is 15.9. The zero-order chi connectivity index (χ0) is 16.2. The molecule has 1 aromatic rings. The van der Waals surface area contributed by atoms with Crippen LogP contribution in [-0.4, -0.2) is 65.0 Å². The van der Waals surface area contributed by atoms with Gasteiger partial charge in [0.1, 0.15) is 6.61 Å². The van der Waals surface area contributed by atoms with Gasteiger partial charge in [0.15, 0.2) is 0 Å². The fourth-order valence-electron chi connectivity index (χ4n) is 3.04. The van der Waals surface area contributed by atoms with Gasteiger partial charge in [-0.25, -0.2) is 5.06 Å². The van der Waals surface area contributed by atoms with Crippen molar-refractivity contribution in [3.05, 3.63) is 18.0 Å². The minimum atomic E-state index is -0.174. The minimum Gasteiger partial charge on any atom is -0.375 e. The number of ether oxygens (including phenoxy) is 1. The number of hydrogen-bond acceptors (Lipinski definition) is 5. The molecular weight excluding hydrogens is 300 g/mol. The summed E-state index contributed by atoms with van der Waals surface area (Å²) in [6, 6.07) is 1.70. The highest BCUT2D eigenvalue weighted by Gasteiger charge is 2.31. The molecule has 2 aliphatic heterocycles. The molecule has 0 spiro atoms. The summed E-state index contributed by atoms with van der Waals surface area (Å²) in [5.41, 5.74) is 0.929. The smallest absolute Gasteiger partial charge is 0.248 e. The lowest BCUT2D eigenvalue weighted by Crippen LogP contribution is -2.45. The molecule has 3 heterocycles. The van der Waals surface area contributed by atoms with Crippen LogP contribution in [-0.2, 0) is 25.7 Å². The van der Waals surface area contributed by atoms with Crippen LogP contribution in [0.15, 0.2) is 12.3 Å². The zero-order valence-corrected chi connectivity index (χ0v) is 13.3. The maximum absolute atomic E-state index is 12.4. The summed E-state index contributed by atoms with van der Waals surface area (Å²) in [6.45, 7) is 2.21. The van der Waals surface area contributed by atoms with Crippen molar-refractivity contribution in [3.63, 3.8) is 0 Å². The minimum absolute atomic E-state index is 0.0457. The number of amides is 2. The Kier molecular flexibility index (Phi) is 4.92. The molecule has 1 saturated heterocycles. The van der Waals surface area contributed by atoms with Gasteiger partial charge in [0.05, 0.1) is 31.3 Å². The summed E-state index contributed by atoms with van der Waals surface area (Å²) < 4.78 is 6.77. The van der Waals surface area contributed by atoms with Gasteiger partial charge in [-0.05, 0) is 18.9 Å². The molecule has 8 heteroatoms. The molecule has 1 fully saturated rings. The van der Waals surface area contributed by atoms with E-state index in [0.29, 0.717) is 26.2 Å². The van der Waals surface area contributed by atoms with E-state index < -0.39 is 0 Å². The molecule has 3 rings (SSSR count). The molecule has 126 valence electrons. The molecule has 0 N–H and O–H groups in total. The van der Waals surface area contributed by atoms with E-state index in [1.807, 2.05) is 10.7 Å². The normalized spacial score (nSPS) is 21.2. The molecule has 8 nitrogen and oxygen atoms in total. The Labute approximate surface area is 134 Å². The van der Waals surface area contributed by atoms with Gasteiger partial charge in [0, 0.05) is 26.4 Å². The molecular formula is C15H22N4O4. The fourth-order valence-corrected chi connectivity index (χ4v) is 3.04. The molecule has 0 bridgehead atoms. The van der Waals surface area contributed by atoms with Crippen LogP contribution in [0.5, 0.6) is 0 Å². The van der Waals surface area contributed by atoms with E-state index in [2.05, 4.69) is 5.10 Å². The molecule has 0 aliphatic carbocycles. The number of methoxy groups -OCH3 is 1. The van der Waals surface area contributed by atoms with Gasteiger partial charge in [0.25, 0.3) is 0 Å². The summed E-state index contributed by atoms with van der Waals surface area (Å²) in [5.74, 6) is -0.135. The average molecular weight is 322 g/mol. The Bertz CT molecular complexity index is 568. The van der Waals surface area contributed by atoms with Gasteiger partial charge in [-0.1, -0.05) is 0 Å². The second-order valence-electron chi connectivity index (χ2n) is 5.87. The predicted molar refractivity (Wildman–Crippen MR) is 80.1 cm³/mol. The van der Waals surface area contributed by atoms with E-state index in [1.165, 1.54) is 12.2 Å². The van der Waals surface area contributed by atoms with Crippen LogP contribution in [0.4, 0.5) is 0 Å². The monoisotopic (exact) mass is 322 g/mol. The maximum atomic E-state index is 12.4. The first-order valence-electron chi connectivity index (χ1n) is 7.91. The largest absolute Gasteiger partial charge is 0.375 e. The Morgan fingerprint density at radius 2 is 2.26 bits per heavy atom. The van der Waals surface area contributed by atoms with Crippen LogP contribution in [0.25, 0.3) is 0 Å². The molecule has 1 atom stereocenters. The zero-order valence-electron chi connectivity index (χ0n) is 13.3. The van der Waals surface area contributed by atoms with Gasteiger partial charge in [-0.15, -0.1) is 0 Å². The van der Waals surface area contributed by atoms with Crippen molar-refractivity contribution in [2.75, 3.05) is 33.4 Å². The van der Waals surface area contributed by atoms with E-state index in [-0.39, 0.29) is 30.9 Å². The fraction of sp³-hybridized carbons (Fsp3) is 0.667. The molecule has 0 radical (unpaired) electrons. The Morgan fingerprint density at radius 3 is 3.00 bits per heavy atom. The molecule has 2 amide bonds. The van der Waals surface area contributed by atoms with E-state index in [0.717, 1.165) is 18.5 Å². The van der Waals surface area contributed by atoms with Crippen LogP contribution in [0.2, 0.25) is 0 Å². The highest BCUT2D eigenvalue weighted by molar-refractivity contribution is 5.78. The molecule has 0 saturated carbocycles. The van der Waals surface area contributed by atoms with Crippen molar-refractivity contribution in [2.24, 2.45) is 0 Å². The van der Waals surface area contributed by atoms with Crippen molar-refractivity contribution < 1.29 is 19.2 Å². The summed E-state index contributed by atoms with van der Waals surface area (Å²) in [6.07, 6.45) is 3.91. The van der Waals surface area contributed by atoms with Crippen LogP contribution in [0, 0.1) is 0 Å². The number of hydroxylamine groups is 2. The molecule has 2 aliphatic rings. The summed E-state index contributed by atoms with van der Waals surface area (Å²) in [5, 5.41) is 5.76. The van der Waals surface area contributed by atoms with E-state index in [1.54, 1.807) is 11.1 Å². The number of aromatic nitrogens is 2. The standard InChI is InChI=1S/C15H22N4O4/c1-22-11-15(21)17-9-12-4-5-16-19(12)13(10-17)8-14(20)18-6-2-3-7-23-18/h4-5,13H,2-3,6-11H2,1H3. The SMILES string of the molecule is COCC(=O)N1Cc2ccnn2C(CC(=O)N2CCCCO2)C1. The van der Waals surface area contributed by atoms with Crippen LogP contribution >= 0.6 is 0 Å². The van der Waals surface area contributed by atoms with Crippen molar-refractivity contribution in [2.45, 2.75) is 31.8 Å². The molecule has 23 heavy (non-hydrogen) atoms. The third-order valence-electron chi connectivity index (χ3n) is 4.19. The number of carbonyl (C=O) groups is 2. The van der Waals surface area contributed by atoms with Crippen LogP contribution < -0.4 is 0 Å². The van der Waals surface area contributed by atoms with Gasteiger partial charge >= 0.3 is 0 Å². The number of fused-ring (bicyclic) bond motifs is 1. The maximum Gasteiger partial charge on any atom is 0.248 e. The lowest BCUT2D eigenvalue weighted by Gasteiger charge is -2.35. The van der Waals surface area contributed by atoms with Gasteiger partial charge in [-0.2, -0.15) is 5.10 Å². The van der Waals surface area contributed by atoms with E-state index in [4.69, 9.17) is 9.57 Å². The number of carbonyl (C=O) groups excluding carboxylic acids is 2. The van der Waals surface area contributed by atoms with Crippen molar-refractivity contribution in [1.29, 1.82) is 0 Å². The first-order chi connectivity index (χ1) is 11.2. The topological polar surface area (TPSA) is 76.9 Å². The van der Waals surface area contributed by atoms with E-state index >= 15 is 0 Å².